The fourth-order valence-electron chi connectivity index (χ4n) is 2.77. The maximum atomic E-state index is 14.6. The largest absolute Gasteiger partial charge is 0.369 e. The van der Waals surface area contributed by atoms with Crippen LogP contribution in [0.4, 0.5) is 15.8 Å². The number of unbranched alkanes of at least 4 members (excludes halogenated alkanes) is 1. The molecule has 1 amide bonds. The predicted molar refractivity (Wildman–Crippen MR) is 115 cm³/mol. The highest BCUT2D eigenvalue weighted by Gasteiger charge is 2.18. The van der Waals surface area contributed by atoms with Crippen molar-refractivity contribution < 1.29 is 36.9 Å². The Bertz CT molecular complexity index is 1290. The van der Waals surface area contributed by atoms with Crippen LogP contribution in [-0.4, -0.2) is 64.2 Å². The molecule has 164 valence electrons. The molecule has 1 aliphatic rings. The van der Waals surface area contributed by atoms with E-state index in [1.165, 1.54) is 4.90 Å². The molecule has 0 spiro atoms. The number of carbonyl (C=O) groups is 1. The number of sulfonamides is 1. The maximum Gasteiger partial charge on any atom is 0.221 e. The van der Waals surface area contributed by atoms with Gasteiger partial charge < -0.3 is 10.2 Å². The summed E-state index contributed by atoms with van der Waals surface area (Å²) in [4.78, 5) is 15.0. The Kier molecular flexibility index (Phi) is 3.96. The lowest BCUT2D eigenvalue weighted by molar-refractivity contribution is -0.114. The fraction of sp³-hybridized carbons (Fsp3) is 0.650. The van der Waals surface area contributed by atoms with Crippen LogP contribution < -0.4 is 14.9 Å². The molecule has 0 bridgehead atoms. The van der Waals surface area contributed by atoms with E-state index in [0.717, 1.165) is 6.92 Å². The zero-order chi connectivity index (χ0) is 33.5. The van der Waals surface area contributed by atoms with Gasteiger partial charge in [-0.2, -0.15) is 0 Å². The third-order valence-electron chi connectivity index (χ3n) is 4.03. The van der Waals surface area contributed by atoms with E-state index in [1.807, 2.05) is 4.90 Å². The van der Waals surface area contributed by atoms with Crippen LogP contribution in [0.3, 0.4) is 0 Å². The Balaban J connectivity index is 2.05. The first-order valence-corrected chi connectivity index (χ1v) is 10.4. The summed E-state index contributed by atoms with van der Waals surface area (Å²) in [5.74, 6) is -6.20. The first kappa shape index (κ1) is 10.5. The fourth-order valence-corrected chi connectivity index (χ4v) is 3.47. The highest BCUT2D eigenvalue weighted by atomic mass is 32.2. The average Bonchev–Trinajstić information content (AvgIpc) is 2.88. The second-order valence-corrected chi connectivity index (χ2v) is 7.77. The molecule has 1 aromatic carbocycles. The van der Waals surface area contributed by atoms with Gasteiger partial charge >= 0.3 is 0 Å². The van der Waals surface area contributed by atoms with Crippen LogP contribution in [0.2, 0.25) is 2.82 Å². The van der Waals surface area contributed by atoms with E-state index in [0.29, 0.717) is 19.6 Å². The summed E-state index contributed by atoms with van der Waals surface area (Å²) in [6, 6.07) is -2.14. The number of rotatable bonds is 10. The first-order valence-electron chi connectivity index (χ1n) is 15.8. The molecule has 0 radical (unpaired) electrons. The predicted octanol–water partition coefficient (Wildman–Crippen LogP) is 2.26. The number of carbonyl (C=O) groups excluding carboxylic acids is 1. The van der Waals surface area contributed by atoms with Gasteiger partial charge in [-0.25, -0.2) is 17.5 Å². The van der Waals surface area contributed by atoms with Crippen LogP contribution in [0.1, 0.15) is 49.9 Å². The molecule has 9 heteroatoms. The van der Waals surface area contributed by atoms with Crippen molar-refractivity contribution in [3.8, 4) is 0 Å². The van der Waals surface area contributed by atoms with Crippen LogP contribution in [0.25, 0.3) is 0 Å². The number of amides is 1. The monoisotopic (exact) mass is 442 g/mol. The van der Waals surface area contributed by atoms with E-state index in [9.17, 15) is 17.6 Å². The lowest BCUT2D eigenvalue weighted by Gasteiger charge is -2.36. The Morgan fingerprint density at radius 2 is 2.07 bits per heavy atom. The third-order valence-corrected chi connectivity index (χ3v) is 5.01. The molecule has 0 unspecified atom stereocenters. The highest BCUT2D eigenvalue weighted by molar-refractivity contribution is 7.89. The van der Waals surface area contributed by atoms with Gasteiger partial charge in [-0.3, -0.25) is 9.69 Å². The number of benzene rings is 1. The second kappa shape index (κ2) is 10.9. The number of hydrogen-bond donors (Lipinski definition) is 2. The number of halogens is 1. The van der Waals surface area contributed by atoms with Crippen molar-refractivity contribution >= 4 is 27.3 Å². The third kappa shape index (κ3) is 8.67. The normalized spacial score (nSPS) is 24.6. The van der Waals surface area contributed by atoms with Crippen LogP contribution in [0.15, 0.2) is 18.1 Å². The molecule has 2 N–H and O–H groups in total. The summed E-state index contributed by atoms with van der Waals surface area (Å²) in [5, 5.41) is 0.227. The Labute approximate surface area is 193 Å². The van der Waals surface area contributed by atoms with Crippen molar-refractivity contribution in [1.82, 2.24) is 9.62 Å². The molecule has 0 atom stereocenters. The molecule has 7 nitrogen and oxygen atoms in total. The van der Waals surface area contributed by atoms with Crippen molar-refractivity contribution in [3.05, 3.63) is 23.9 Å². The van der Waals surface area contributed by atoms with Gasteiger partial charge in [0, 0.05) is 63.4 Å². The lowest BCUT2D eigenvalue weighted by atomic mass is 10.2. The summed E-state index contributed by atoms with van der Waals surface area (Å²) in [7, 11) is -5.55. The van der Waals surface area contributed by atoms with Crippen molar-refractivity contribution in [3.63, 3.8) is 0 Å². The van der Waals surface area contributed by atoms with Crippen molar-refractivity contribution in [2.75, 3.05) is 55.2 Å². The van der Waals surface area contributed by atoms with Crippen LogP contribution in [0.5, 0.6) is 0 Å². The minimum atomic E-state index is -5.55. The Morgan fingerprint density at radius 1 is 1.34 bits per heavy atom. The molecule has 0 saturated carbocycles. The molecule has 1 aromatic rings. The van der Waals surface area contributed by atoms with Gasteiger partial charge in [0.2, 0.25) is 15.9 Å². The van der Waals surface area contributed by atoms with Gasteiger partial charge in [-0.15, -0.1) is 0 Å². The van der Waals surface area contributed by atoms with E-state index in [-0.39, 0.29) is 41.6 Å². The maximum absolute atomic E-state index is 14.6. The Morgan fingerprint density at radius 3 is 2.72 bits per heavy atom. The van der Waals surface area contributed by atoms with Gasteiger partial charge in [0.25, 0.3) is 0 Å². The number of piperazine rings is 1. The molecule has 29 heavy (non-hydrogen) atoms. The van der Waals surface area contributed by atoms with Crippen molar-refractivity contribution in [1.29, 1.82) is 0 Å². The van der Waals surface area contributed by atoms with Crippen molar-refractivity contribution in [2.45, 2.75) is 33.5 Å². The van der Waals surface area contributed by atoms with Crippen molar-refractivity contribution in [2.24, 2.45) is 5.89 Å². The topological polar surface area (TPSA) is 81.8 Å². The zero-order valence-corrected chi connectivity index (χ0v) is 16.8. The highest BCUT2D eigenvalue weighted by Crippen LogP contribution is 2.23. The van der Waals surface area contributed by atoms with E-state index in [4.69, 9.17) is 19.3 Å². The molecule has 2 rings (SSSR count). The van der Waals surface area contributed by atoms with Crippen LogP contribution >= 0.6 is 0 Å². The van der Waals surface area contributed by atoms with Gasteiger partial charge in [-0.05, 0) is 43.4 Å². The molecule has 0 aliphatic carbocycles. The van der Waals surface area contributed by atoms with Gasteiger partial charge in [-0.1, -0.05) is 13.7 Å². The molecule has 1 aliphatic heterocycles. The summed E-state index contributed by atoms with van der Waals surface area (Å²) in [6.45, 7) is -5.95. The van der Waals surface area contributed by atoms with E-state index < -0.39 is 77.4 Å². The average molecular weight is 443 g/mol. The molecule has 1 saturated heterocycles. The number of nitrogens with zero attached hydrogens (tertiary/aromatic N) is 2. The number of hydrogen-bond acceptors (Lipinski definition) is 5. The van der Waals surface area contributed by atoms with E-state index in [2.05, 4.69) is 0 Å². The SMILES string of the molecule is [2H]c1c(F)c([2H])c(N([2H])C(C)=O)c([2H])c1N1CCN(CCCCN([2H])S(=O)(=O)C([2H])([2H])C([2H])(C([2H])([2H])[2H])C([2H])([2H])[2H])CC1. The van der Waals surface area contributed by atoms with Crippen LogP contribution in [-0.2, 0) is 14.8 Å². The van der Waals surface area contributed by atoms with Gasteiger partial charge in [0.15, 0.2) is 1.41 Å². The standard InChI is InChI=1S/C20H33FN4O3S/c1-16(2)15-29(27,28)22-6-4-5-7-24-8-10-25(11-9-24)20-13-18(21)12-19(14-20)23-17(3)26/h12-14,16,22H,4-11,15H2,1-3H3,(H,23,26)/i1D3,2D3,12D,13D,14D,15D2,16D/hD2. The molecule has 0 aromatic heterocycles. The minimum absolute atomic E-state index is 0.0107. The first-order chi connectivity index (χ1) is 19.4. The molecule has 1 heterocycles. The smallest absolute Gasteiger partial charge is 0.221 e. The lowest BCUT2D eigenvalue weighted by Crippen LogP contribution is -2.46. The van der Waals surface area contributed by atoms with Crippen LogP contribution in [0, 0.1) is 11.7 Å². The summed E-state index contributed by atoms with van der Waals surface area (Å²) in [6.07, 6.45) is 0.258. The number of anilines is 2. The minimum Gasteiger partial charge on any atom is -0.369 e. The second-order valence-electron chi connectivity index (χ2n) is 6.36. The summed E-state index contributed by atoms with van der Waals surface area (Å²) in [5.41, 5.74) is -4.93. The summed E-state index contributed by atoms with van der Waals surface area (Å²) >= 11 is 0. The number of nitrogens with one attached hydrogen (secondary N) is 2. The summed E-state index contributed by atoms with van der Waals surface area (Å²) < 4.78 is 148. The molecular formula is C20H33FN4O3S. The molecular weight excluding hydrogens is 395 g/mol. The Hall–Kier alpha value is -1.71. The van der Waals surface area contributed by atoms with E-state index in [1.54, 1.807) is 0 Å². The van der Waals surface area contributed by atoms with Gasteiger partial charge in [0.05, 0.1) is 9.82 Å². The van der Waals surface area contributed by atoms with Gasteiger partial charge in [0.1, 0.15) is 7.23 Å². The van der Waals surface area contributed by atoms with E-state index >= 15 is 0 Å². The molecule has 1 fully saturated rings. The zero-order valence-electron chi connectivity index (χ0n) is 30.0. The quantitative estimate of drug-likeness (QED) is 0.543.